The third-order valence-corrected chi connectivity index (χ3v) is 6.44. The quantitative estimate of drug-likeness (QED) is 0.334. The lowest BCUT2D eigenvalue weighted by atomic mass is 10.1. The van der Waals surface area contributed by atoms with Gasteiger partial charge in [0.05, 0.1) is 6.20 Å². The molecule has 0 radical (unpaired) electrons. The van der Waals surface area contributed by atoms with Crippen molar-refractivity contribution >= 4 is 38.8 Å². The fourth-order valence-electron chi connectivity index (χ4n) is 3.70. The molecule has 8 heteroatoms. The van der Waals surface area contributed by atoms with Gasteiger partial charge in [-0.2, -0.15) is 5.10 Å². The van der Waals surface area contributed by atoms with Gasteiger partial charge in [-0.05, 0) is 59.7 Å². The highest BCUT2D eigenvalue weighted by atomic mass is 32.1. The summed E-state index contributed by atoms with van der Waals surface area (Å²) in [5, 5.41) is 10.3. The number of carbonyl (C=O) groups excluding carboxylic acids is 1. The highest BCUT2D eigenvalue weighted by Crippen LogP contribution is 2.31. The van der Waals surface area contributed by atoms with Crippen molar-refractivity contribution in [3.63, 3.8) is 0 Å². The smallest absolute Gasteiger partial charge is 0.255 e. The van der Waals surface area contributed by atoms with E-state index in [4.69, 9.17) is 10.5 Å². The summed E-state index contributed by atoms with van der Waals surface area (Å²) in [6.45, 7) is 1.93. The van der Waals surface area contributed by atoms with Crippen molar-refractivity contribution in [1.29, 1.82) is 0 Å². The number of amides is 1. The Labute approximate surface area is 200 Å². The van der Waals surface area contributed by atoms with Crippen LogP contribution in [0.25, 0.3) is 21.2 Å². The molecule has 1 unspecified atom stereocenters. The van der Waals surface area contributed by atoms with Gasteiger partial charge < -0.3 is 15.8 Å². The second-order valence-corrected chi connectivity index (χ2v) is 8.97. The van der Waals surface area contributed by atoms with E-state index in [-0.39, 0.29) is 12.0 Å². The highest BCUT2D eigenvalue weighted by molar-refractivity contribution is 7.17. The molecule has 0 spiro atoms. The zero-order valence-electron chi connectivity index (χ0n) is 18.7. The normalized spacial score (nSPS) is 11.9. The molecule has 170 valence electrons. The molecule has 1 atom stereocenters. The predicted molar refractivity (Wildman–Crippen MR) is 136 cm³/mol. The van der Waals surface area contributed by atoms with Gasteiger partial charge in [-0.1, -0.05) is 18.2 Å². The first-order valence-corrected chi connectivity index (χ1v) is 11.6. The van der Waals surface area contributed by atoms with Crippen LogP contribution in [0, 0.1) is 0 Å². The molecule has 3 N–H and O–H groups in total. The fourth-order valence-corrected chi connectivity index (χ4v) is 4.53. The molecule has 2 aromatic carbocycles. The van der Waals surface area contributed by atoms with Gasteiger partial charge in [-0.3, -0.25) is 9.48 Å². The summed E-state index contributed by atoms with van der Waals surface area (Å²) in [7, 11) is 1.86. The highest BCUT2D eigenvalue weighted by Gasteiger charge is 2.14. The molecule has 3 heterocycles. The van der Waals surface area contributed by atoms with Crippen LogP contribution in [0.2, 0.25) is 0 Å². The van der Waals surface area contributed by atoms with E-state index in [1.165, 1.54) is 0 Å². The number of nitrogens with zero attached hydrogens (tertiary/aromatic N) is 3. The van der Waals surface area contributed by atoms with Crippen LogP contribution in [0.1, 0.15) is 28.9 Å². The van der Waals surface area contributed by atoms with Gasteiger partial charge in [0.15, 0.2) is 11.6 Å². The maximum atomic E-state index is 12.8. The molecule has 0 aliphatic carbocycles. The lowest BCUT2D eigenvalue weighted by Crippen LogP contribution is -2.12. The van der Waals surface area contributed by atoms with Gasteiger partial charge in [0.2, 0.25) is 0 Å². The van der Waals surface area contributed by atoms with Gasteiger partial charge in [0.25, 0.3) is 5.91 Å². The first-order valence-electron chi connectivity index (χ1n) is 10.8. The van der Waals surface area contributed by atoms with Gasteiger partial charge >= 0.3 is 0 Å². The second-order valence-electron chi connectivity index (χ2n) is 8.02. The first-order chi connectivity index (χ1) is 16.5. The Morgan fingerprint density at radius 2 is 2.00 bits per heavy atom. The van der Waals surface area contributed by atoms with Crippen LogP contribution in [0.4, 0.5) is 11.5 Å². The van der Waals surface area contributed by atoms with Crippen LogP contribution in [0.5, 0.6) is 5.75 Å². The van der Waals surface area contributed by atoms with Crippen molar-refractivity contribution in [3.05, 3.63) is 89.7 Å². The number of nitrogen functional groups attached to an aromatic ring is 1. The first kappa shape index (κ1) is 21.7. The molecule has 0 bridgehead atoms. The predicted octanol–water partition coefficient (Wildman–Crippen LogP) is 5.67. The van der Waals surface area contributed by atoms with Gasteiger partial charge in [-0.15, -0.1) is 11.3 Å². The molecule has 0 saturated heterocycles. The minimum absolute atomic E-state index is 0.154. The third-order valence-electron chi connectivity index (χ3n) is 5.56. The summed E-state index contributed by atoms with van der Waals surface area (Å²) in [6.07, 6.45) is 5.06. The number of nitrogens with one attached hydrogen (secondary N) is 1. The van der Waals surface area contributed by atoms with Gasteiger partial charge in [-0.25, -0.2) is 4.98 Å². The average Bonchev–Trinajstić information content (AvgIpc) is 3.49. The van der Waals surface area contributed by atoms with E-state index >= 15 is 0 Å². The Kier molecular flexibility index (Phi) is 5.73. The summed E-state index contributed by atoms with van der Waals surface area (Å²) < 4.78 is 8.97. The van der Waals surface area contributed by atoms with Crippen molar-refractivity contribution < 1.29 is 9.53 Å². The summed E-state index contributed by atoms with van der Waals surface area (Å²) in [5.74, 6) is 0.652. The van der Waals surface area contributed by atoms with Gasteiger partial charge in [0.1, 0.15) is 6.10 Å². The minimum atomic E-state index is -0.312. The molecular formula is C26H23N5O2S. The number of pyridine rings is 1. The van der Waals surface area contributed by atoms with Crippen LogP contribution < -0.4 is 15.8 Å². The molecule has 0 aliphatic rings. The van der Waals surface area contributed by atoms with Crippen molar-refractivity contribution in [3.8, 4) is 16.9 Å². The molecule has 0 saturated carbocycles. The number of nitrogens with two attached hydrogens (primary N) is 1. The van der Waals surface area contributed by atoms with Crippen LogP contribution in [-0.4, -0.2) is 20.7 Å². The molecule has 34 heavy (non-hydrogen) atoms. The second kappa shape index (κ2) is 8.99. The Morgan fingerprint density at radius 3 is 2.82 bits per heavy atom. The lowest BCUT2D eigenvalue weighted by molar-refractivity contribution is 0.102. The molecule has 0 aliphatic heterocycles. The zero-order valence-corrected chi connectivity index (χ0v) is 19.5. The molecule has 5 aromatic rings. The number of ether oxygens (including phenoxy) is 1. The number of aryl methyl sites for hydroxylation is 1. The summed E-state index contributed by atoms with van der Waals surface area (Å²) >= 11 is 1.62. The van der Waals surface area contributed by atoms with E-state index in [0.717, 1.165) is 26.8 Å². The lowest BCUT2D eigenvalue weighted by Gasteiger charge is -2.17. The largest absolute Gasteiger partial charge is 0.482 e. The van der Waals surface area contributed by atoms with E-state index in [1.54, 1.807) is 28.4 Å². The van der Waals surface area contributed by atoms with Crippen LogP contribution in [0.15, 0.2) is 78.6 Å². The summed E-state index contributed by atoms with van der Waals surface area (Å²) in [6, 6.07) is 17.2. The Balaban J connectivity index is 1.32. The fraction of sp³-hybridized carbons (Fsp3) is 0.115. The standard InChI is InChI=1S/C26H23N5O2S/c1-16(33-23-11-20(13-28-25(23)27)21-14-29-31(2)15-21)18-4-3-5-22(10-18)30-26(32)19-7-6-17-8-9-34-24(17)12-19/h3-16H,1-2H3,(H2,27,28)(H,30,32). The van der Waals surface area contributed by atoms with Crippen molar-refractivity contribution in [1.82, 2.24) is 14.8 Å². The number of rotatable bonds is 6. The third kappa shape index (κ3) is 4.49. The van der Waals surface area contributed by atoms with E-state index < -0.39 is 0 Å². The number of anilines is 2. The van der Waals surface area contributed by atoms with Crippen molar-refractivity contribution in [2.45, 2.75) is 13.0 Å². The van der Waals surface area contributed by atoms with E-state index in [2.05, 4.69) is 15.4 Å². The molecular weight excluding hydrogens is 446 g/mol. The molecule has 7 nitrogen and oxygen atoms in total. The monoisotopic (exact) mass is 469 g/mol. The van der Waals surface area contributed by atoms with Crippen LogP contribution in [-0.2, 0) is 7.05 Å². The SMILES string of the molecule is CC(Oc1cc(-c2cnn(C)c2)cnc1N)c1cccc(NC(=O)c2ccc3ccsc3c2)c1. The van der Waals surface area contributed by atoms with Crippen LogP contribution >= 0.6 is 11.3 Å². The maximum absolute atomic E-state index is 12.8. The number of aromatic nitrogens is 3. The van der Waals surface area contributed by atoms with Gasteiger partial charge in [0, 0.05) is 46.5 Å². The van der Waals surface area contributed by atoms with Crippen molar-refractivity contribution in [2.24, 2.45) is 7.05 Å². The molecule has 1 amide bonds. The zero-order chi connectivity index (χ0) is 23.7. The summed E-state index contributed by atoms with van der Waals surface area (Å²) in [4.78, 5) is 17.1. The maximum Gasteiger partial charge on any atom is 0.255 e. The Bertz CT molecular complexity index is 1490. The van der Waals surface area contributed by atoms with E-state index in [9.17, 15) is 4.79 Å². The van der Waals surface area contributed by atoms with E-state index in [0.29, 0.717) is 22.8 Å². The number of carbonyl (C=O) groups is 1. The van der Waals surface area contributed by atoms with Crippen LogP contribution in [0.3, 0.4) is 0 Å². The number of fused-ring (bicyclic) bond motifs is 1. The van der Waals surface area contributed by atoms with E-state index in [1.807, 2.05) is 80.1 Å². The minimum Gasteiger partial charge on any atom is -0.482 e. The molecule has 0 fully saturated rings. The number of benzene rings is 2. The number of hydrogen-bond acceptors (Lipinski definition) is 6. The van der Waals surface area contributed by atoms with Crippen molar-refractivity contribution in [2.75, 3.05) is 11.1 Å². The Hall–Kier alpha value is -4.17. The topological polar surface area (TPSA) is 95.1 Å². The summed E-state index contributed by atoms with van der Waals surface area (Å²) in [5.41, 5.74) is 10.1. The molecule has 3 aromatic heterocycles. The Morgan fingerprint density at radius 1 is 1.12 bits per heavy atom. The number of hydrogen-bond donors (Lipinski definition) is 2. The number of thiophene rings is 1. The molecule has 5 rings (SSSR count). The average molecular weight is 470 g/mol.